The molecule has 1 aromatic rings. The summed E-state index contributed by atoms with van der Waals surface area (Å²) in [6, 6.07) is 5.22. The van der Waals surface area contributed by atoms with Crippen molar-refractivity contribution in [3.05, 3.63) is 23.8 Å². The maximum Gasteiger partial charge on any atom is 0.120 e. The summed E-state index contributed by atoms with van der Waals surface area (Å²) in [5.41, 5.74) is 0.844. The van der Waals surface area contributed by atoms with Crippen LogP contribution in [0.15, 0.2) is 18.2 Å². The third-order valence-electron chi connectivity index (χ3n) is 2.30. The van der Waals surface area contributed by atoms with Crippen molar-refractivity contribution in [3.8, 4) is 11.5 Å². The maximum atomic E-state index is 9.61. The van der Waals surface area contributed by atoms with E-state index < -0.39 is 0 Å². The molecule has 0 fully saturated rings. The van der Waals surface area contributed by atoms with Crippen LogP contribution >= 0.6 is 0 Å². The number of phenolic OH excluding ortho intramolecular Hbond substituents is 1. The second kappa shape index (κ2) is 7.09. The summed E-state index contributed by atoms with van der Waals surface area (Å²) in [6.45, 7) is 2.24. The molecule has 1 aromatic carbocycles. The number of aromatic hydroxyl groups is 1. The molecule has 0 aromatic heterocycles. The van der Waals surface area contributed by atoms with Gasteiger partial charge < -0.3 is 19.9 Å². The van der Waals surface area contributed by atoms with Crippen molar-refractivity contribution in [2.45, 2.75) is 13.0 Å². The van der Waals surface area contributed by atoms with Gasteiger partial charge in [0.05, 0.1) is 7.11 Å². The molecule has 0 saturated carbocycles. The third kappa shape index (κ3) is 4.08. The fraction of sp³-hybridized carbons (Fsp3) is 0.500. The number of hydrogen-bond donors (Lipinski definition) is 2. The highest BCUT2D eigenvalue weighted by molar-refractivity contribution is 5.39. The Morgan fingerprint density at radius 2 is 2.12 bits per heavy atom. The molecule has 90 valence electrons. The first-order valence-electron chi connectivity index (χ1n) is 5.33. The van der Waals surface area contributed by atoms with E-state index in [1.807, 2.05) is 6.07 Å². The van der Waals surface area contributed by atoms with Gasteiger partial charge in [0.1, 0.15) is 11.5 Å². The minimum absolute atomic E-state index is 0.292. The van der Waals surface area contributed by atoms with Gasteiger partial charge in [-0.05, 0) is 31.2 Å². The highest BCUT2D eigenvalue weighted by atomic mass is 16.5. The Bertz CT molecular complexity index is 315. The first-order valence-corrected chi connectivity index (χ1v) is 5.33. The van der Waals surface area contributed by atoms with Gasteiger partial charge in [-0.1, -0.05) is 0 Å². The van der Waals surface area contributed by atoms with Gasteiger partial charge in [-0.15, -0.1) is 0 Å². The van der Waals surface area contributed by atoms with Gasteiger partial charge in [0.2, 0.25) is 0 Å². The summed E-state index contributed by atoms with van der Waals surface area (Å²) >= 11 is 0. The standard InChI is InChI=1S/C12H19NO3/c1-15-7-3-6-13-9-10-8-11(16-2)4-5-12(10)14/h4-5,8,13-14H,3,6-7,9H2,1-2H3. The molecular weight excluding hydrogens is 206 g/mol. The van der Waals surface area contributed by atoms with Crippen molar-refractivity contribution in [2.24, 2.45) is 0 Å². The molecular formula is C12H19NO3. The van der Waals surface area contributed by atoms with Crippen LogP contribution in [0, 0.1) is 0 Å². The van der Waals surface area contributed by atoms with Crippen molar-refractivity contribution in [2.75, 3.05) is 27.4 Å². The van der Waals surface area contributed by atoms with Crippen LogP contribution in [-0.4, -0.2) is 32.5 Å². The largest absolute Gasteiger partial charge is 0.508 e. The normalized spacial score (nSPS) is 10.4. The van der Waals surface area contributed by atoms with E-state index in [1.165, 1.54) is 0 Å². The van der Waals surface area contributed by atoms with E-state index in [2.05, 4.69) is 5.32 Å². The summed E-state index contributed by atoms with van der Waals surface area (Å²) < 4.78 is 10.0. The van der Waals surface area contributed by atoms with Gasteiger partial charge in [-0.3, -0.25) is 0 Å². The molecule has 16 heavy (non-hydrogen) atoms. The van der Waals surface area contributed by atoms with E-state index in [-0.39, 0.29) is 0 Å². The van der Waals surface area contributed by atoms with E-state index in [1.54, 1.807) is 26.4 Å². The number of methoxy groups -OCH3 is 2. The Balaban J connectivity index is 2.40. The number of nitrogens with one attached hydrogen (secondary N) is 1. The van der Waals surface area contributed by atoms with Gasteiger partial charge >= 0.3 is 0 Å². The number of phenols is 1. The van der Waals surface area contributed by atoms with Crippen LogP contribution in [0.25, 0.3) is 0 Å². The molecule has 0 amide bonds. The predicted molar refractivity (Wildman–Crippen MR) is 62.9 cm³/mol. The minimum Gasteiger partial charge on any atom is -0.508 e. The van der Waals surface area contributed by atoms with Gasteiger partial charge in [0.15, 0.2) is 0 Å². The monoisotopic (exact) mass is 225 g/mol. The first kappa shape index (κ1) is 12.8. The fourth-order valence-corrected chi connectivity index (χ4v) is 1.40. The average Bonchev–Trinajstić information content (AvgIpc) is 2.31. The Morgan fingerprint density at radius 3 is 2.81 bits per heavy atom. The molecule has 0 saturated heterocycles. The van der Waals surface area contributed by atoms with E-state index in [0.717, 1.165) is 30.9 Å². The molecule has 0 aliphatic rings. The number of hydrogen-bond acceptors (Lipinski definition) is 4. The van der Waals surface area contributed by atoms with Gasteiger partial charge in [-0.25, -0.2) is 0 Å². The van der Waals surface area contributed by atoms with Gasteiger partial charge in [0, 0.05) is 25.8 Å². The summed E-state index contributed by atoms with van der Waals surface area (Å²) in [5, 5.41) is 12.8. The zero-order valence-electron chi connectivity index (χ0n) is 9.82. The molecule has 0 unspecified atom stereocenters. The molecule has 1 rings (SSSR count). The molecule has 0 aliphatic carbocycles. The second-order valence-electron chi connectivity index (χ2n) is 3.52. The molecule has 0 radical (unpaired) electrons. The Labute approximate surface area is 96.2 Å². The summed E-state index contributed by atoms with van der Waals surface area (Å²) in [6.07, 6.45) is 0.960. The maximum absolute atomic E-state index is 9.61. The van der Waals surface area contributed by atoms with Crippen LogP contribution in [0.1, 0.15) is 12.0 Å². The van der Waals surface area contributed by atoms with Crippen LogP contribution in [0.3, 0.4) is 0 Å². The van der Waals surface area contributed by atoms with E-state index in [0.29, 0.717) is 12.3 Å². The highest BCUT2D eigenvalue weighted by Crippen LogP contribution is 2.22. The van der Waals surface area contributed by atoms with Crippen molar-refractivity contribution < 1.29 is 14.6 Å². The quantitative estimate of drug-likeness (QED) is 0.691. The molecule has 4 heteroatoms. The number of ether oxygens (including phenoxy) is 2. The van der Waals surface area contributed by atoms with Crippen LogP contribution in [0.5, 0.6) is 11.5 Å². The molecule has 4 nitrogen and oxygen atoms in total. The van der Waals surface area contributed by atoms with Crippen molar-refractivity contribution in [1.29, 1.82) is 0 Å². The molecule has 0 aliphatic heterocycles. The SMILES string of the molecule is COCCCNCc1cc(OC)ccc1O. The van der Waals surface area contributed by atoms with Crippen molar-refractivity contribution in [3.63, 3.8) is 0 Å². The van der Waals surface area contributed by atoms with Crippen molar-refractivity contribution >= 4 is 0 Å². The lowest BCUT2D eigenvalue weighted by Crippen LogP contribution is -2.16. The van der Waals surface area contributed by atoms with Crippen LogP contribution in [0.4, 0.5) is 0 Å². The van der Waals surface area contributed by atoms with E-state index in [4.69, 9.17) is 9.47 Å². The lowest BCUT2D eigenvalue weighted by Gasteiger charge is -2.08. The van der Waals surface area contributed by atoms with Crippen LogP contribution < -0.4 is 10.1 Å². The number of benzene rings is 1. The summed E-state index contributed by atoms with van der Waals surface area (Å²) in [4.78, 5) is 0. The lowest BCUT2D eigenvalue weighted by atomic mass is 10.2. The second-order valence-corrected chi connectivity index (χ2v) is 3.52. The molecule has 0 heterocycles. The number of rotatable bonds is 7. The van der Waals surface area contributed by atoms with Crippen LogP contribution in [0.2, 0.25) is 0 Å². The molecule has 0 spiro atoms. The topological polar surface area (TPSA) is 50.7 Å². The van der Waals surface area contributed by atoms with Gasteiger partial charge in [0.25, 0.3) is 0 Å². The van der Waals surface area contributed by atoms with E-state index in [9.17, 15) is 5.11 Å². The van der Waals surface area contributed by atoms with E-state index >= 15 is 0 Å². The highest BCUT2D eigenvalue weighted by Gasteiger charge is 2.02. The lowest BCUT2D eigenvalue weighted by molar-refractivity contribution is 0.194. The summed E-state index contributed by atoms with van der Waals surface area (Å²) in [7, 11) is 3.30. The molecule has 0 bridgehead atoms. The van der Waals surface area contributed by atoms with Gasteiger partial charge in [-0.2, -0.15) is 0 Å². The Hall–Kier alpha value is -1.26. The average molecular weight is 225 g/mol. The minimum atomic E-state index is 0.292. The fourth-order valence-electron chi connectivity index (χ4n) is 1.40. The predicted octanol–water partition coefficient (Wildman–Crippen LogP) is 1.53. The zero-order valence-corrected chi connectivity index (χ0v) is 9.82. The summed E-state index contributed by atoms with van der Waals surface area (Å²) in [5.74, 6) is 1.05. The first-order chi connectivity index (χ1) is 7.77. The molecule has 2 N–H and O–H groups in total. The third-order valence-corrected chi connectivity index (χ3v) is 2.30. The molecule has 0 atom stereocenters. The smallest absolute Gasteiger partial charge is 0.120 e. The Morgan fingerprint density at radius 1 is 1.31 bits per heavy atom. The zero-order chi connectivity index (χ0) is 11.8. The van der Waals surface area contributed by atoms with Crippen molar-refractivity contribution in [1.82, 2.24) is 5.32 Å². The van der Waals surface area contributed by atoms with Crippen LogP contribution in [-0.2, 0) is 11.3 Å². The Kier molecular flexibility index (Phi) is 5.67.